The lowest BCUT2D eigenvalue weighted by molar-refractivity contribution is -0.346. The molecule has 0 aromatic heterocycles. The maximum Gasteiger partial charge on any atom is 0.350 e. The van der Waals surface area contributed by atoms with Crippen molar-refractivity contribution in [3.8, 4) is 0 Å². The Morgan fingerprint density at radius 1 is 0.718 bits per heavy atom. The Kier molecular flexibility index (Phi) is 25.7. The van der Waals surface area contributed by atoms with Crippen LogP contribution in [0, 0.1) is 16.7 Å². The molecule has 7 amide bonds. The molecule has 3 fully saturated rings. The molecule has 0 spiro atoms. The van der Waals surface area contributed by atoms with Gasteiger partial charge in [0.05, 0.1) is 36.0 Å². The average molecular weight is 1440 g/mol. The van der Waals surface area contributed by atoms with E-state index in [2.05, 4.69) is 26.6 Å². The van der Waals surface area contributed by atoms with E-state index < -0.39 is 192 Å². The van der Waals surface area contributed by atoms with Gasteiger partial charge in [-0.25, -0.2) is 9.59 Å². The highest BCUT2D eigenvalue weighted by Crippen LogP contribution is 2.64. The van der Waals surface area contributed by atoms with Crippen LogP contribution in [0.1, 0.15) is 144 Å². The standard InChI is InChI=1S/C74H86ClN7O21/c1-40-51(38-74(97)64(102-69(95)47-23-15-10-16-24-47)62-72(7,52(85)37-53-73(62,39-98-53)103-43(4)84)63(90)60(99-42(3)83)58(40)71(74,5)6)100-70(96)61(59(45-19-11-8-12-20-45)82-68(94)46-21-13-9-14-22-46)101-57(89)35-34-54(86)78-36-18-17-25-49(65(76)91)80-56(88)33-31-50(66(77)92)81-67(93)41(2)79-55(87)32-28-44-26-29-48(75)30-27-44/h8-16,19-24,26-30,32,41,49-53,59-62,64,85,97H,17-18,25,31,33-39H2,1-7H3,(H2,76,91)(H2,77,92)(H,78,86)(H,79,87)(H,80,88)(H,81,93)(H,82,94)/b32-28+/t41-,49-,50-,51-,52-,53+,59-,60+,61+,62-,64-,72+,73-,74+/m0/s1. The Labute approximate surface area is 599 Å². The van der Waals surface area contributed by atoms with Crippen molar-refractivity contribution < 1.29 is 101 Å². The lowest BCUT2D eigenvalue weighted by Crippen LogP contribution is -2.82. The van der Waals surface area contributed by atoms with Gasteiger partial charge in [0, 0.05) is 68.2 Å². The van der Waals surface area contributed by atoms with Crippen LogP contribution in [-0.4, -0.2) is 166 Å². The number of ketones is 1. The van der Waals surface area contributed by atoms with Crippen LogP contribution >= 0.6 is 11.6 Å². The number of nitrogens with one attached hydrogen (secondary N) is 5. The number of Topliss-reactive ketones (excluding diaryl/α,β-unsaturated/α-hetero) is 1. The fourth-order valence-electron chi connectivity index (χ4n) is 14.0. The summed E-state index contributed by atoms with van der Waals surface area (Å²) in [4.78, 5) is 178. The van der Waals surface area contributed by atoms with E-state index in [1.807, 2.05) is 0 Å². The van der Waals surface area contributed by atoms with Gasteiger partial charge in [-0.3, -0.25) is 52.7 Å². The first-order valence-corrected chi connectivity index (χ1v) is 34.0. The number of amides is 7. The number of carbonyl (C=O) groups is 13. The van der Waals surface area contributed by atoms with Crippen molar-refractivity contribution in [3.63, 3.8) is 0 Å². The Morgan fingerprint density at radius 3 is 1.92 bits per heavy atom. The molecular formula is C74H86ClN7O21. The Balaban J connectivity index is 0.982. The molecule has 2 bridgehead atoms. The second kappa shape index (κ2) is 33.8. The number of nitrogens with two attached hydrogens (primary N) is 2. The van der Waals surface area contributed by atoms with Crippen molar-refractivity contribution in [1.29, 1.82) is 0 Å². The number of benzene rings is 4. The molecule has 4 aromatic rings. The van der Waals surface area contributed by atoms with E-state index in [9.17, 15) is 63.0 Å². The predicted octanol–water partition coefficient (Wildman–Crippen LogP) is 3.95. The first-order chi connectivity index (χ1) is 48.7. The number of fused-ring (bicyclic) bond motifs is 5. The molecule has 29 heteroatoms. The van der Waals surface area contributed by atoms with Crippen molar-refractivity contribution >= 4 is 94.7 Å². The number of ether oxygens (including phenoxy) is 6. The van der Waals surface area contributed by atoms with Crippen LogP contribution in [0.15, 0.2) is 132 Å². The number of rotatable bonds is 30. The highest BCUT2D eigenvalue weighted by atomic mass is 35.5. The van der Waals surface area contributed by atoms with Gasteiger partial charge in [0.15, 0.2) is 17.5 Å². The van der Waals surface area contributed by atoms with Gasteiger partial charge < -0.3 is 76.7 Å². The molecule has 14 atom stereocenters. The number of aliphatic hydroxyl groups excluding tert-OH is 1. The molecule has 550 valence electrons. The number of aliphatic hydroxyl groups is 2. The first kappa shape index (κ1) is 78.6. The molecule has 4 aromatic carbocycles. The SMILES string of the molecule is CC(=O)O[C@H]1C(=O)[C@@]2(C)[C@H]([C@H](OC(=O)c3ccccc3)[C@]3(O)C[C@H](OC(=O)[C@H](OC(=O)CCC(=O)NCCCC[C@H](NC(=O)CC[C@H](NC(=O)[C@H](C)NC(=O)/C=C/c4ccc(Cl)cc4)C(N)=O)C(N)=O)[C@@H](NC(=O)c4ccccc4)c4ccccc4)C(C)=C1C3(C)C)[C@]1(OC(C)=O)CO[C@@H]1C[C@@H]2O. The molecule has 1 saturated heterocycles. The molecular weight excluding hydrogens is 1360 g/mol. The van der Waals surface area contributed by atoms with Gasteiger partial charge in [-0.2, -0.15) is 0 Å². The van der Waals surface area contributed by atoms with Gasteiger partial charge in [-0.05, 0) is 111 Å². The highest BCUT2D eigenvalue weighted by molar-refractivity contribution is 6.30. The fourth-order valence-corrected chi connectivity index (χ4v) is 14.1. The smallest absolute Gasteiger partial charge is 0.350 e. The van der Waals surface area contributed by atoms with Gasteiger partial charge in [0.2, 0.25) is 41.5 Å². The van der Waals surface area contributed by atoms with Gasteiger partial charge in [0.1, 0.15) is 48.1 Å². The monoisotopic (exact) mass is 1440 g/mol. The Morgan fingerprint density at radius 2 is 1.33 bits per heavy atom. The Hall–Kier alpha value is -10.2. The normalized spacial score (nSPS) is 24.5. The van der Waals surface area contributed by atoms with E-state index in [-0.39, 0.29) is 72.9 Å². The van der Waals surface area contributed by atoms with Crippen LogP contribution in [0.25, 0.3) is 6.08 Å². The van der Waals surface area contributed by atoms with Gasteiger partial charge >= 0.3 is 29.8 Å². The molecule has 8 rings (SSSR count). The number of primary amides is 2. The molecule has 1 heterocycles. The topological polar surface area (TPSA) is 430 Å². The number of hydrogen-bond acceptors (Lipinski definition) is 21. The van der Waals surface area contributed by atoms with E-state index >= 15 is 9.59 Å². The summed E-state index contributed by atoms with van der Waals surface area (Å²) in [5.41, 5.74) is 3.57. The van der Waals surface area contributed by atoms with E-state index in [0.717, 1.165) is 13.8 Å². The summed E-state index contributed by atoms with van der Waals surface area (Å²) >= 11 is 5.90. The summed E-state index contributed by atoms with van der Waals surface area (Å²) in [5.74, 6) is -13.4. The van der Waals surface area contributed by atoms with Crippen LogP contribution in [0.5, 0.6) is 0 Å². The minimum atomic E-state index is -2.57. The van der Waals surface area contributed by atoms with Crippen LogP contribution in [0.2, 0.25) is 5.02 Å². The summed E-state index contributed by atoms with van der Waals surface area (Å²) < 4.78 is 37.0. The minimum Gasteiger partial charge on any atom is -0.455 e. The molecule has 4 aliphatic rings. The molecule has 3 aliphatic carbocycles. The van der Waals surface area contributed by atoms with Crippen molar-refractivity contribution in [2.24, 2.45) is 28.2 Å². The summed E-state index contributed by atoms with van der Waals surface area (Å²) in [6.07, 6.45) is -10.3. The van der Waals surface area contributed by atoms with E-state index in [0.29, 0.717) is 10.6 Å². The average Bonchev–Trinajstić information content (AvgIpc) is 0.669. The van der Waals surface area contributed by atoms with E-state index in [4.69, 9.17) is 51.5 Å². The number of unbranched alkanes of at least 4 members (excludes halogenated alkanes) is 1. The number of carbonyl (C=O) groups excluding carboxylic acids is 13. The third-order valence-corrected chi connectivity index (χ3v) is 19.8. The maximum absolute atomic E-state index is 15.9. The number of esters is 5. The maximum atomic E-state index is 15.9. The van der Waals surface area contributed by atoms with Crippen LogP contribution in [-0.2, 0) is 81.2 Å². The zero-order valence-corrected chi connectivity index (χ0v) is 58.7. The van der Waals surface area contributed by atoms with Crippen molar-refractivity contribution in [3.05, 3.63) is 160 Å². The molecule has 11 N–H and O–H groups in total. The third kappa shape index (κ3) is 18.2. The summed E-state index contributed by atoms with van der Waals surface area (Å²) in [6, 6.07) is 24.7. The quantitative estimate of drug-likeness (QED) is 0.0117. The van der Waals surface area contributed by atoms with Crippen molar-refractivity contribution in [2.45, 2.75) is 178 Å². The zero-order chi connectivity index (χ0) is 75.3. The minimum absolute atomic E-state index is 0.00224. The second-order valence-electron chi connectivity index (χ2n) is 26.8. The Bertz CT molecular complexity index is 3930. The first-order valence-electron chi connectivity index (χ1n) is 33.6. The molecule has 0 unspecified atom stereocenters. The van der Waals surface area contributed by atoms with Crippen LogP contribution < -0.4 is 38.1 Å². The number of hydrogen-bond donors (Lipinski definition) is 9. The van der Waals surface area contributed by atoms with Crippen LogP contribution in [0.3, 0.4) is 0 Å². The highest BCUT2D eigenvalue weighted by Gasteiger charge is 2.78. The van der Waals surface area contributed by atoms with Gasteiger partial charge in [-0.1, -0.05) is 104 Å². The number of halogens is 1. The summed E-state index contributed by atoms with van der Waals surface area (Å²) in [7, 11) is 0. The van der Waals surface area contributed by atoms with Crippen molar-refractivity contribution in [1.82, 2.24) is 26.6 Å². The van der Waals surface area contributed by atoms with Gasteiger partial charge in [0.25, 0.3) is 5.91 Å². The summed E-state index contributed by atoms with van der Waals surface area (Å²) in [5, 5.41) is 39.8. The van der Waals surface area contributed by atoms with Crippen LogP contribution in [0.4, 0.5) is 0 Å². The fraction of sp³-hybridized carbons (Fsp3) is 0.446. The molecule has 1 aliphatic heterocycles. The van der Waals surface area contributed by atoms with E-state index in [1.165, 1.54) is 83.2 Å². The lowest BCUT2D eigenvalue weighted by atomic mass is 9.44. The van der Waals surface area contributed by atoms with E-state index in [1.54, 1.807) is 78.9 Å². The third-order valence-electron chi connectivity index (χ3n) is 19.6. The predicted molar refractivity (Wildman–Crippen MR) is 367 cm³/mol. The molecule has 28 nitrogen and oxygen atoms in total. The molecule has 103 heavy (non-hydrogen) atoms. The second-order valence-corrected chi connectivity index (χ2v) is 27.2. The lowest BCUT2D eigenvalue weighted by Gasteiger charge is -2.67. The van der Waals surface area contributed by atoms with Crippen molar-refractivity contribution in [2.75, 3.05) is 13.2 Å². The summed E-state index contributed by atoms with van der Waals surface area (Å²) in [6.45, 7) is 8.90. The largest absolute Gasteiger partial charge is 0.455 e. The molecule has 0 radical (unpaired) electrons. The van der Waals surface area contributed by atoms with Gasteiger partial charge in [-0.15, -0.1) is 0 Å². The molecule has 2 saturated carbocycles. The zero-order valence-electron chi connectivity index (χ0n) is 57.9.